The molecule has 158 valence electrons. The van der Waals surface area contributed by atoms with Crippen molar-refractivity contribution in [3.05, 3.63) is 66.2 Å². The van der Waals surface area contributed by atoms with Gasteiger partial charge >= 0.3 is 172 Å². The maximum absolute atomic E-state index is 11.5. The number of rotatable bonds is 8. The van der Waals surface area contributed by atoms with Crippen molar-refractivity contribution in [1.29, 1.82) is 0 Å². The van der Waals surface area contributed by atoms with Crippen LogP contribution in [0.4, 0.5) is 5.82 Å². The predicted octanol–water partition coefficient (Wildman–Crippen LogP) is -0.367. The fourth-order valence-corrected chi connectivity index (χ4v) is 4.85. The number of nitrogens with zero attached hydrogens (tertiary/aromatic N) is 2. The van der Waals surface area contributed by atoms with Crippen LogP contribution in [0.3, 0.4) is 0 Å². The molecule has 0 saturated carbocycles. The second kappa shape index (κ2) is 9.61. The molecule has 6 nitrogen and oxygen atoms in total. The number of aromatic nitrogens is 2. The minimum atomic E-state index is -0.337. The van der Waals surface area contributed by atoms with Crippen molar-refractivity contribution in [2.24, 2.45) is 11.7 Å². The number of carbonyl (C=O) groups excluding carboxylic acids is 1. The zero-order chi connectivity index (χ0) is 20.9. The Kier molecular flexibility index (Phi) is 6.69. The normalized spacial score (nSPS) is 17.1. The van der Waals surface area contributed by atoms with E-state index in [4.69, 9.17) is 10.8 Å². The number of halogens is 1. The summed E-state index contributed by atoms with van der Waals surface area (Å²) in [5, 5.41) is 11.0. The molecule has 1 aromatic heterocycles. The van der Waals surface area contributed by atoms with E-state index in [9.17, 15) is 4.79 Å². The number of alkyl halides is 2. The fourth-order valence-electron chi connectivity index (χ4n) is 3.68. The molecule has 1 amide bonds. The molecule has 3 aromatic rings. The molecule has 0 spiro atoms. The molecule has 30 heavy (non-hydrogen) atoms. The van der Waals surface area contributed by atoms with Crippen LogP contribution in [0.2, 0.25) is 0 Å². The number of hydrogen-bond donors (Lipinski definition) is 3. The fraction of sp³-hybridized carbons (Fsp3) is 0.304. The SMILES string of the molecule is C[I-]CCc1cccc(-c2cc(NC(N)[C@H]3CNC(=O)C3)nn2-c2ccccc2)c1. The van der Waals surface area contributed by atoms with E-state index in [1.807, 2.05) is 41.1 Å². The molecule has 1 fully saturated rings. The zero-order valence-corrected chi connectivity index (χ0v) is 19.2. The second-order valence-electron chi connectivity index (χ2n) is 7.51. The number of amides is 1. The predicted molar refractivity (Wildman–Crippen MR) is 116 cm³/mol. The average Bonchev–Trinajstić information content (AvgIpc) is 3.39. The first-order valence-corrected chi connectivity index (χ1v) is 13.8. The van der Waals surface area contributed by atoms with Gasteiger partial charge < -0.3 is 5.32 Å². The van der Waals surface area contributed by atoms with E-state index in [1.165, 1.54) is 9.99 Å². The molecule has 1 unspecified atom stereocenters. The van der Waals surface area contributed by atoms with E-state index < -0.39 is 0 Å². The minimum absolute atomic E-state index is 0.0547. The number of nitrogens with one attached hydrogen (secondary N) is 2. The third-order valence-corrected chi connectivity index (χ3v) is 6.95. The van der Waals surface area contributed by atoms with Gasteiger partial charge in [-0.05, 0) is 0 Å². The van der Waals surface area contributed by atoms with Gasteiger partial charge in [-0.2, -0.15) is 0 Å². The van der Waals surface area contributed by atoms with Gasteiger partial charge in [0.1, 0.15) is 0 Å². The van der Waals surface area contributed by atoms with Crippen LogP contribution < -0.4 is 37.6 Å². The van der Waals surface area contributed by atoms with Crippen LogP contribution in [0.1, 0.15) is 12.0 Å². The summed E-state index contributed by atoms with van der Waals surface area (Å²) in [7, 11) is 0. The molecule has 4 rings (SSSR count). The molecule has 4 N–H and O–H groups in total. The van der Waals surface area contributed by atoms with Crippen LogP contribution in [0, 0.1) is 5.92 Å². The van der Waals surface area contributed by atoms with Crippen molar-refractivity contribution in [2.75, 3.05) is 21.2 Å². The van der Waals surface area contributed by atoms with E-state index in [0.717, 1.165) is 23.4 Å². The van der Waals surface area contributed by atoms with Gasteiger partial charge in [0, 0.05) is 0 Å². The van der Waals surface area contributed by atoms with Crippen LogP contribution in [-0.4, -0.2) is 37.8 Å². The van der Waals surface area contributed by atoms with E-state index >= 15 is 0 Å². The van der Waals surface area contributed by atoms with Crippen LogP contribution in [0.25, 0.3) is 16.9 Å². The topological polar surface area (TPSA) is 85.0 Å². The summed E-state index contributed by atoms with van der Waals surface area (Å²) in [4.78, 5) is 13.9. The van der Waals surface area contributed by atoms with Gasteiger partial charge in [-0.15, -0.1) is 0 Å². The molecule has 0 radical (unpaired) electrons. The first kappa shape index (κ1) is 20.9. The number of nitrogens with two attached hydrogens (primary N) is 1. The number of para-hydroxylation sites is 1. The number of aryl methyl sites for hydroxylation is 1. The third kappa shape index (κ3) is 4.84. The third-order valence-electron chi connectivity index (χ3n) is 5.34. The second-order valence-corrected chi connectivity index (χ2v) is 10.1. The van der Waals surface area contributed by atoms with Gasteiger partial charge in [0.25, 0.3) is 0 Å². The Bertz CT molecular complexity index is 1000. The Labute approximate surface area is 187 Å². The van der Waals surface area contributed by atoms with Gasteiger partial charge in [0.15, 0.2) is 0 Å². The summed E-state index contributed by atoms with van der Waals surface area (Å²) < 4.78 is 3.25. The Morgan fingerprint density at radius 1 is 1.23 bits per heavy atom. The summed E-state index contributed by atoms with van der Waals surface area (Å²) >= 11 is 0.288. The van der Waals surface area contributed by atoms with Crippen LogP contribution >= 0.6 is 0 Å². The van der Waals surface area contributed by atoms with E-state index in [0.29, 0.717) is 18.8 Å². The van der Waals surface area contributed by atoms with Crippen molar-refractivity contribution in [3.8, 4) is 16.9 Å². The summed E-state index contributed by atoms with van der Waals surface area (Å²) in [6.07, 6.45) is 1.23. The number of carbonyl (C=O) groups is 1. The molecule has 7 heteroatoms. The molecule has 2 aromatic carbocycles. The van der Waals surface area contributed by atoms with Gasteiger partial charge in [-0.25, -0.2) is 0 Å². The molecule has 2 atom stereocenters. The molecule has 0 bridgehead atoms. The van der Waals surface area contributed by atoms with Gasteiger partial charge in [0.2, 0.25) is 5.91 Å². The standard InChI is InChI=1S/C23H27IN5O/c1-24-11-10-16-6-5-7-17(12-16)20-14-21(27-23(25)18-13-22(30)26-15-18)28-29(20)19-8-3-2-4-9-19/h2-9,12,14,18,23H,10-11,13,15,25H2,1H3,(H,26,30)(H,27,28)/q-1/t18-,23?/m1/s1. The van der Waals surface area contributed by atoms with Gasteiger partial charge in [-0.3, -0.25) is 4.79 Å². The van der Waals surface area contributed by atoms with Crippen molar-refractivity contribution in [2.45, 2.75) is 19.0 Å². The summed E-state index contributed by atoms with van der Waals surface area (Å²) in [5.41, 5.74) is 10.8. The molecule has 0 aliphatic carbocycles. The van der Waals surface area contributed by atoms with Crippen molar-refractivity contribution < 1.29 is 26.0 Å². The van der Waals surface area contributed by atoms with Crippen molar-refractivity contribution in [1.82, 2.24) is 15.1 Å². The van der Waals surface area contributed by atoms with Crippen LogP contribution in [0.15, 0.2) is 60.7 Å². The first-order valence-electron chi connectivity index (χ1n) is 10.1. The van der Waals surface area contributed by atoms with Crippen LogP contribution in [-0.2, 0) is 11.2 Å². The molecule has 1 aliphatic heterocycles. The molecule has 2 heterocycles. The molecule has 1 saturated heterocycles. The van der Waals surface area contributed by atoms with Crippen molar-refractivity contribution in [3.63, 3.8) is 0 Å². The Morgan fingerprint density at radius 3 is 2.80 bits per heavy atom. The van der Waals surface area contributed by atoms with E-state index in [-0.39, 0.29) is 39.2 Å². The summed E-state index contributed by atoms with van der Waals surface area (Å²) in [6.45, 7) is 0.599. The Morgan fingerprint density at radius 2 is 2.07 bits per heavy atom. The maximum atomic E-state index is 11.5. The monoisotopic (exact) mass is 516 g/mol. The molecular formula is C23H27IN5O-. The van der Waals surface area contributed by atoms with Crippen LogP contribution in [0.5, 0.6) is 0 Å². The average molecular weight is 516 g/mol. The molecule has 1 aliphatic rings. The van der Waals surface area contributed by atoms with E-state index in [2.05, 4.69) is 39.8 Å². The van der Waals surface area contributed by atoms with Gasteiger partial charge in [-0.1, -0.05) is 0 Å². The number of benzene rings is 2. The number of anilines is 1. The first-order chi connectivity index (χ1) is 14.6. The van der Waals surface area contributed by atoms with E-state index in [1.54, 1.807) is 0 Å². The quantitative estimate of drug-likeness (QED) is 0.217. The summed E-state index contributed by atoms with van der Waals surface area (Å²) in [6, 6.07) is 20.9. The van der Waals surface area contributed by atoms with Gasteiger partial charge in [0.05, 0.1) is 0 Å². The Hall–Kier alpha value is -2.39. The Balaban J connectivity index is 1.66. The molecular weight excluding hydrogens is 489 g/mol. The van der Waals surface area contributed by atoms with Crippen molar-refractivity contribution >= 4 is 11.7 Å². The zero-order valence-electron chi connectivity index (χ0n) is 17.0. The number of hydrogen-bond acceptors (Lipinski definition) is 4. The summed E-state index contributed by atoms with van der Waals surface area (Å²) in [5.74, 6) is 0.827.